The summed E-state index contributed by atoms with van der Waals surface area (Å²) in [4.78, 5) is 12.2. The van der Waals surface area contributed by atoms with E-state index in [-0.39, 0.29) is 11.6 Å². The first kappa shape index (κ1) is 18.7. The molecule has 2 aromatic carbocycles. The van der Waals surface area contributed by atoms with Gasteiger partial charge in [0.1, 0.15) is 5.75 Å². The minimum Gasteiger partial charge on any atom is -0.492 e. The van der Waals surface area contributed by atoms with Gasteiger partial charge in [-0.05, 0) is 48.9 Å². The number of carbonyl (C=O) groups excluding carboxylic acids is 1. The van der Waals surface area contributed by atoms with E-state index in [9.17, 15) is 4.79 Å². The van der Waals surface area contributed by atoms with Crippen molar-refractivity contribution in [2.24, 2.45) is 0 Å². The maximum absolute atomic E-state index is 12.2. The molecule has 27 heavy (non-hydrogen) atoms. The SMILES string of the molecule is CCOc1ccccc1Nc1ccc(C(=O)NCc2ccc(Cl)cc2)nn1. The highest BCUT2D eigenvalue weighted by molar-refractivity contribution is 6.30. The van der Waals surface area contributed by atoms with E-state index in [1.807, 2.05) is 43.3 Å². The van der Waals surface area contributed by atoms with E-state index in [4.69, 9.17) is 16.3 Å². The van der Waals surface area contributed by atoms with Crippen molar-refractivity contribution in [2.45, 2.75) is 13.5 Å². The van der Waals surface area contributed by atoms with Gasteiger partial charge >= 0.3 is 0 Å². The van der Waals surface area contributed by atoms with E-state index in [0.29, 0.717) is 24.0 Å². The van der Waals surface area contributed by atoms with Crippen molar-refractivity contribution >= 4 is 29.0 Å². The Morgan fingerprint density at radius 1 is 1.04 bits per heavy atom. The lowest BCUT2D eigenvalue weighted by Crippen LogP contribution is -2.24. The van der Waals surface area contributed by atoms with Gasteiger partial charge in [-0.2, -0.15) is 0 Å². The zero-order valence-electron chi connectivity index (χ0n) is 14.8. The van der Waals surface area contributed by atoms with Crippen LogP contribution in [-0.4, -0.2) is 22.7 Å². The first-order valence-electron chi connectivity index (χ1n) is 8.51. The second-order valence-electron chi connectivity index (χ2n) is 5.67. The Morgan fingerprint density at radius 2 is 1.81 bits per heavy atom. The van der Waals surface area contributed by atoms with Gasteiger partial charge in [0.2, 0.25) is 0 Å². The fourth-order valence-electron chi connectivity index (χ4n) is 2.38. The van der Waals surface area contributed by atoms with Crippen molar-refractivity contribution in [2.75, 3.05) is 11.9 Å². The lowest BCUT2D eigenvalue weighted by molar-refractivity contribution is 0.0945. The van der Waals surface area contributed by atoms with Crippen molar-refractivity contribution in [3.8, 4) is 5.75 Å². The van der Waals surface area contributed by atoms with Crippen LogP contribution in [0.15, 0.2) is 60.7 Å². The van der Waals surface area contributed by atoms with Crippen LogP contribution in [-0.2, 0) is 6.54 Å². The summed E-state index contributed by atoms with van der Waals surface area (Å²) in [6.07, 6.45) is 0. The largest absolute Gasteiger partial charge is 0.492 e. The van der Waals surface area contributed by atoms with E-state index in [0.717, 1.165) is 17.0 Å². The highest BCUT2D eigenvalue weighted by Gasteiger charge is 2.09. The molecule has 3 aromatic rings. The predicted octanol–water partition coefficient (Wildman–Crippen LogP) is 4.20. The smallest absolute Gasteiger partial charge is 0.272 e. The lowest BCUT2D eigenvalue weighted by atomic mass is 10.2. The van der Waals surface area contributed by atoms with Gasteiger partial charge in [0.05, 0.1) is 12.3 Å². The number of rotatable bonds is 7. The minimum atomic E-state index is -0.293. The summed E-state index contributed by atoms with van der Waals surface area (Å²) in [6, 6.07) is 18.2. The number of amides is 1. The van der Waals surface area contributed by atoms with E-state index in [2.05, 4.69) is 20.8 Å². The van der Waals surface area contributed by atoms with Gasteiger partial charge in [0, 0.05) is 11.6 Å². The summed E-state index contributed by atoms with van der Waals surface area (Å²) < 4.78 is 5.57. The molecule has 0 saturated heterocycles. The molecule has 1 heterocycles. The van der Waals surface area contributed by atoms with Gasteiger partial charge in [-0.3, -0.25) is 4.79 Å². The summed E-state index contributed by atoms with van der Waals surface area (Å²) in [6.45, 7) is 2.88. The normalized spacial score (nSPS) is 10.3. The molecule has 2 N–H and O–H groups in total. The number of benzene rings is 2. The molecule has 0 spiro atoms. The van der Waals surface area contributed by atoms with Crippen molar-refractivity contribution < 1.29 is 9.53 Å². The van der Waals surface area contributed by atoms with E-state index < -0.39 is 0 Å². The third-order valence-corrected chi connectivity index (χ3v) is 3.97. The zero-order chi connectivity index (χ0) is 19.1. The van der Waals surface area contributed by atoms with Crippen LogP contribution in [0.2, 0.25) is 5.02 Å². The predicted molar refractivity (Wildman–Crippen MR) is 106 cm³/mol. The first-order valence-corrected chi connectivity index (χ1v) is 8.88. The monoisotopic (exact) mass is 382 g/mol. The molecule has 0 bridgehead atoms. The molecule has 0 aliphatic heterocycles. The van der Waals surface area contributed by atoms with Crippen molar-refractivity contribution in [1.29, 1.82) is 0 Å². The molecule has 1 aromatic heterocycles. The van der Waals surface area contributed by atoms with Gasteiger partial charge in [0.25, 0.3) is 5.91 Å². The number of carbonyl (C=O) groups is 1. The molecule has 0 radical (unpaired) electrons. The maximum atomic E-state index is 12.2. The summed E-state index contributed by atoms with van der Waals surface area (Å²) in [7, 11) is 0. The number of anilines is 2. The van der Waals surface area contributed by atoms with Crippen LogP contribution >= 0.6 is 11.6 Å². The van der Waals surface area contributed by atoms with Crippen molar-refractivity contribution in [1.82, 2.24) is 15.5 Å². The highest BCUT2D eigenvalue weighted by atomic mass is 35.5. The Hall–Kier alpha value is -3.12. The highest BCUT2D eigenvalue weighted by Crippen LogP contribution is 2.26. The van der Waals surface area contributed by atoms with Crippen LogP contribution in [0.4, 0.5) is 11.5 Å². The maximum Gasteiger partial charge on any atom is 0.272 e. The molecule has 6 nitrogen and oxygen atoms in total. The average Bonchev–Trinajstić information content (AvgIpc) is 2.69. The quantitative estimate of drug-likeness (QED) is 0.640. The summed E-state index contributed by atoms with van der Waals surface area (Å²) >= 11 is 5.85. The molecule has 0 aliphatic carbocycles. The molecule has 1 amide bonds. The Labute approximate surface area is 162 Å². The van der Waals surface area contributed by atoms with Gasteiger partial charge in [-0.15, -0.1) is 10.2 Å². The molecular weight excluding hydrogens is 364 g/mol. The van der Waals surface area contributed by atoms with Crippen LogP contribution in [0, 0.1) is 0 Å². The number of nitrogens with zero attached hydrogens (tertiary/aromatic N) is 2. The molecule has 0 saturated carbocycles. The number of hydrogen-bond acceptors (Lipinski definition) is 5. The summed E-state index contributed by atoms with van der Waals surface area (Å²) in [5.74, 6) is 0.960. The van der Waals surface area contributed by atoms with Crippen LogP contribution in [0.5, 0.6) is 5.75 Å². The van der Waals surface area contributed by atoms with Crippen LogP contribution in [0.25, 0.3) is 0 Å². The summed E-state index contributed by atoms with van der Waals surface area (Å²) in [5, 5.41) is 14.7. The summed E-state index contributed by atoms with van der Waals surface area (Å²) in [5.41, 5.74) is 1.98. The Bertz CT molecular complexity index is 899. The number of aromatic nitrogens is 2. The molecular formula is C20H19ClN4O2. The molecule has 0 unspecified atom stereocenters. The molecule has 3 rings (SSSR count). The first-order chi connectivity index (χ1) is 13.2. The Morgan fingerprint density at radius 3 is 2.52 bits per heavy atom. The molecule has 0 aliphatic rings. The van der Waals surface area contributed by atoms with Gasteiger partial charge in [0.15, 0.2) is 11.5 Å². The van der Waals surface area contributed by atoms with E-state index >= 15 is 0 Å². The fourth-order valence-corrected chi connectivity index (χ4v) is 2.51. The second kappa shape index (κ2) is 9.00. The Kier molecular flexibility index (Phi) is 6.22. The number of halogens is 1. The number of ether oxygens (including phenoxy) is 1. The molecule has 138 valence electrons. The van der Waals surface area contributed by atoms with Crippen LogP contribution in [0.1, 0.15) is 23.0 Å². The Balaban J connectivity index is 1.61. The van der Waals surface area contributed by atoms with Crippen molar-refractivity contribution in [3.05, 3.63) is 76.9 Å². The van der Waals surface area contributed by atoms with E-state index in [1.54, 1.807) is 24.3 Å². The third-order valence-electron chi connectivity index (χ3n) is 3.71. The van der Waals surface area contributed by atoms with Crippen LogP contribution in [0.3, 0.4) is 0 Å². The average molecular weight is 383 g/mol. The van der Waals surface area contributed by atoms with Gasteiger partial charge in [-0.1, -0.05) is 35.9 Å². The topological polar surface area (TPSA) is 76.1 Å². The molecule has 0 fully saturated rings. The zero-order valence-corrected chi connectivity index (χ0v) is 15.5. The number of nitrogens with one attached hydrogen (secondary N) is 2. The fraction of sp³-hybridized carbons (Fsp3) is 0.150. The minimum absolute atomic E-state index is 0.243. The van der Waals surface area contributed by atoms with Gasteiger partial charge < -0.3 is 15.4 Å². The molecule has 0 atom stereocenters. The number of para-hydroxylation sites is 2. The standard InChI is InChI=1S/C20H19ClN4O2/c1-2-27-18-6-4-3-5-16(18)23-19-12-11-17(24-25-19)20(26)22-13-14-7-9-15(21)10-8-14/h3-12H,2,13H2,1H3,(H,22,26)(H,23,25). The number of hydrogen-bond donors (Lipinski definition) is 2. The lowest BCUT2D eigenvalue weighted by Gasteiger charge is -2.11. The second-order valence-corrected chi connectivity index (χ2v) is 6.10. The third kappa shape index (κ3) is 5.18. The van der Waals surface area contributed by atoms with E-state index in [1.165, 1.54) is 0 Å². The van der Waals surface area contributed by atoms with Crippen molar-refractivity contribution in [3.63, 3.8) is 0 Å². The molecule has 7 heteroatoms. The van der Waals surface area contributed by atoms with Gasteiger partial charge in [-0.25, -0.2) is 0 Å². The van der Waals surface area contributed by atoms with Crippen LogP contribution < -0.4 is 15.4 Å².